The summed E-state index contributed by atoms with van der Waals surface area (Å²) in [5.74, 6) is -2.39. The summed E-state index contributed by atoms with van der Waals surface area (Å²) in [6.07, 6.45) is 13.0. The Hall–Kier alpha value is -3.35. The van der Waals surface area contributed by atoms with Crippen molar-refractivity contribution in [3.05, 3.63) is 106 Å². The number of aliphatic hydroxyl groups is 3. The van der Waals surface area contributed by atoms with Crippen molar-refractivity contribution in [1.82, 2.24) is 0 Å². The van der Waals surface area contributed by atoms with Crippen molar-refractivity contribution in [2.75, 3.05) is 13.7 Å². The van der Waals surface area contributed by atoms with Gasteiger partial charge in [-0.15, -0.1) is 0 Å². The zero-order chi connectivity index (χ0) is 32.5. The van der Waals surface area contributed by atoms with Crippen molar-refractivity contribution in [2.45, 2.75) is 75.1 Å². The van der Waals surface area contributed by atoms with E-state index in [0.29, 0.717) is 25.2 Å². The Labute approximate surface area is 276 Å². The molecule has 0 saturated heterocycles. The van der Waals surface area contributed by atoms with Gasteiger partial charge in [0, 0.05) is 42.8 Å². The fourth-order valence-corrected chi connectivity index (χ4v) is 12.1. The van der Waals surface area contributed by atoms with Crippen LogP contribution in [0.25, 0.3) is 22.9 Å². The normalized spacial score (nSPS) is 39.6. The number of Topliss-reactive ketones (excluding diaryl/α,β-unsaturated/α-hetero) is 1. The number of carbonyl (C=O) groups is 1. The van der Waals surface area contributed by atoms with Crippen LogP contribution in [0.1, 0.15) is 78.3 Å². The highest BCUT2D eigenvalue weighted by Gasteiger charge is 2.80. The highest BCUT2D eigenvalue weighted by atomic mass is 16.6. The van der Waals surface area contributed by atoms with Gasteiger partial charge >= 0.3 is 0 Å². The number of methoxy groups -OCH3 is 1. The second-order valence-electron chi connectivity index (χ2n) is 15.7. The third kappa shape index (κ3) is 3.46. The van der Waals surface area contributed by atoms with Crippen LogP contribution in [-0.2, 0) is 27.8 Å². The molecule has 3 N–H and O–H groups in total. The number of ketones is 1. The van der Waals surface area contributed by atoms with Crippen LogP contribution >= 0.6 is 0 Å². The average Bonchev–Trinajstić information content (AvgIpc) is 3.67. The van der Waals surface area contributed by atoms with Gasteiger partial charge in [0.05, 0.1) is 11.5 Å². The number of rotatable bonds is 2. The predicted molar refractivity (Wildman–Crippen MR) is 184 cm³/mol. The molecule has 9 bridgehead atoms. The first kappa shape index (κ1) is 29.8. The van der Waals surface area contributed by atoms with Crippen molar-refractivity contribution in [3.63, 3.8) is 0 Å². The van der Waals surface area contributed by atoms with Gasteiger partial charge in [-0.05, 0) is 94.2 Å². The molecule has 0 heterocycles. The number of hydrogen-bond donors (Lipinski definition) is 3. The molecule has 0 amide bonds. The predicted octanol–water partition coefficient (Wildman–Crippen LogP) is 6.66. The number of hydrogen-bond acceptors (Lipinski definition) is 5. The molecule has 242 valence electrons. The standard InChI is InChI=1S/C42H44O5/c1-24-37-30(23-43)22-41(42(37,46)47-3)36(45)16-12-26-6-4-8-34-32(26)14-13-31-7-5-17-40(31,34)38-33-20-29-18-25(21-39(24,41)2)9-10-27(29)19-28(33)11-15-35(38)44/h4,6,8-11,13-15,18-20,30-31,35,37-38,43-44,46H,1,5,7,12,16-17,21-23H2,2-3H3/t30-,31-,35+,37+,38-,39-,40-,41-,42+/m1/s1. The highest BCUT2D eigenvalue weighted by Crippen LogP contribution is 2.74. The number of benzene rings is 3. The Morgan fingerprint density at radius 2 is 1.87 bits per heavy atom. The smallest absolute Gasteiger partial charge is 0.185 e. The van der Waals surface area contributed by atoms with E-state index >= 15 is 0 Å². The van der Waals surface area contributed by atoms with Crippen LogP contribution in [0.15, 0.2) is 72.8 Å². The summed E-state index contributed by atoms with van der Waals surface area (Å²) < 4.78 is 6.00. The second kappa shape index (κ2) is 9.85. The molecule has 5 heteroatoms. The summed E-state index contributed by atoms with van der Waals surface area (Å²) >= 11 is 0. The molecular weight excluding hydrogens is 584 g/mol. The maximum atomic E-state index is 15.0. The Kier molecular flexibility index (Phi) is 6.24. The van der Waals surface area contributed by atoms with Crippen LogP contribution in [0.5, 0.6) is 0 Å². The van der Waals surface area contributed by atoms with Gasteiger partial charge in [-0.25, -0.2) is 0 Å². The molecule has 0 unspecified atom stereocenters. The van der Waals surface area contributed by atoms with Gasteiger partial charge in [-0.1, -0.05) is 92.3 Å². The van der Waals surface area contributed by atoms with Crippen LogP contribution in [0.2, 0.25) is 0 Å². The minimum atomic E-state index is -1.75. The van der Waals surface area contributed by atoms with E-state index in [0.717, 1.165) is 46.7 Å². The molecule has 3 aromatic carbocycles. The molecule has 2 spiro atoms. The van der Waals surface area contributed by atoms with Crippen molar-refractivity contribution in [2.24, 2.45) is 28.6 Å². The van der Waals surface area contributed by atoms with E-state index in [1.54, 1.807) is 0 Å². The molecule has 0 aliphatic heterocycles. The molecule has 5 nitrogen and oxygen atoms in total. The van der Waals surface area contributed by atoms with Gasteiger partial charge in [0.15, 0.2) is 5.79 Å². The Morgan fingerprint density at radius 3 is 2.68 bits per heavy atom. The summed E-state index contributed by atoms with van der Waals surface area (Å²) in [5.41, 5.74) is 5.51. The maximum Gasteiger partial charge on any atom is 0.185 e. The molecule has 3 fully saturated rings. The van der Waals surface area contributed by atoms with E-state index in [4.69, 9.17) is 4.74 Å². The number of allylic oxidation sites excluding steroid dienone is 1. The molecule has 0 radical (unpaired) electrons. The zero-order valence-corrected chi connectivity index (χ0v) is 27.3. The van der Waals surface area contributed by atoms with Crippen molar-refractivity contribution in [1.29, 1.82) is 0 Å². The summed E-state index contributed by atoms with van der Waals surface area (Å²) in [4.78, 5) is 15.0. The molecule has 9 rings (SSSR count). The van der Waals surface area contributed by atoms with E-state index in [2.05, 4.69) is 80.3 Å². The van der Waals surface area contributed by atoms with E-state index in [9.17, 15) is 20.1 Å². The van der Waals surface area contributed by atoms with E-state index in [1.807, 2.05) is 6.08 Å². The van der Waals surface area contributed by atoms with Gasteiger partial charge in [-0.3, -0.25) is 4.79 Å². The summed E-state index contributed by atoms with van der Waals surface area (Å²) in [5, 5.41) is 37.1. The van der Waals surface area contributed by atoms with Crippen molar-refractivity contribution >= 4 is 28.7 Å². The van der Waals surface area contributed by atoms with Crippen LogP contribution in [0.3, 0.4) is 0 Å². The van der Waals surface area contributed by atoms with E-state index in [1.165, 1.54) is 29.4 Å². The molecule has 3 saturated carbocycles. The van der Waals surface area contributed by atoms with Gasteiger partial charge < -0.3 is 20.1 Å². The first-order valence-electron chi connectivity index (χ1n) is 17.5. The zero-order valence-electron chi connectivity index (χ0n) is 27.3. The second-order valence-corrected chi connectivity index (χ2v) is 15.7. The lowest BCUT2D eigenvalue weighted by atomic mass is 9.54. The SMILES string of the molecule is C=C1[C@H]2[C@@H](CO)C[C@]3(C(=O)CCc4cccc5c4C=C[C@H]4CCC[C@]54[C@@H]4c5cc6cc(ccc6cc5C=C[C@@H]4O)C[C@]13C)[C@@]2(O)OC. The molecule has 0 aromatic heterocycles. The van der Waals surface area contributed by atoms with Crippen molar-refractivity contribution < 1.29 is 24.9 Å². The average molecular weight is 629 g/mol. The van der Waals surface area contributed by atoms with Gasteiger partial charge in [-0.2, -0.15) is 0 Å². The molecule has 3 aromatic rings. The maximum absolute atomic E-state index is 15.0. The Morgan fingerprint density at radius 1 is 1.02 bits per heavy atom. The first-order chi connectivity index (χ1) is 22.6. The van der Waals surface area contributed by atoms with Gasteiger partial charge in [0.1, 0.15) is 5.78 Å². The highest BCUT2D eigenvalue weighted by molar-refractivity contribution is 5.91. The quantitative estimate of drug-likeness (QED) is 0.218. The fraction of sp³-hybridized carbons (Fsp3) is 0.452. The van der Waals surface area contributed by atoms with E-state index < -0.39 is 28.6 Å². The minimum Gasteiger partial charge on any atom is -0.396 e. The topological polar surface area (TPSA) is 87.0 Å². The lowest BCUT2D eigenvalue weighted by Gasteiger charge is -2.49. The Bertz CT molecular complexity index is 1940. The fourth-order valence-electron chi connectivity index (χ4n) is 12.1. The summed E-state index contributed by atoms with van der Waals surface area (Å²) in [6, 6.07) is 17.7. The largest absolute Gasteiger partial charge is 0.396 e. The van der Waals surface area contributed by atoms with Crippen LogP contribution in [-0.4, -0.2) is 46.7 Å². The number of carbonyl (C=O) groups excluding carboxylic acids is 1. The lowest BCUT2D eigenvalue weighted by molar-refractivity contribution is -0.254. The number of fused-ring (bicyclic) bond motifs is 2. The molecular formula is C42H44O5. The summed E-state index contributed by atoms with van der Waals surface area (Å²) in [7, 11) is 1.49. The van der Waals surface area contributed by atoms with Crippen LogP contribution < -0.4 is 0 Å². The lowest BCUT2D eigenvalue weighted by Crippen LogP contribution is -2.56. The Balaban J connectivity index is 1.32. The first-order valence-corrected chi connectivity index (χ1v) is 17.5. The monoisotopic (exact) mass is 628 g/mol. The third-order valence-corrected chi connectivity index (χ3v) is 14.1. The van der Waals surface area contributed by atoms with Crippen LogP contribution in [0, 0.1) is 28.6 Å². The van der Waals surface area contributed by atoms with E-state index in [-0.39, 0.29) is 36.1 Å². The minimum absolute atomic E-state index is 0.0255. The molecule has 47 heavy (non-hydrogen) atoms. The molecule has 6 aliphatic carbocycles. The summed E-state index contributed by atoms with van der Waals surface area (Å²) in [6.45, 7) is 6.49. The van der Waals surface area contributed by atoms with Crippen molar-refractivity contribution in [3.8, 4) is 0 Å². The van der Waals surface area contributed by atoms with Gasteiger partial charge in [0.2, 0.25) is 0 Å². The third-order valence-electron chi connectivity index (χ3n) is 14.1. The number of aliphatic hydroxyl groups excluding tert-OH is 2. The molecule has 9 atom stereocenters. The van der Waals surface area contributed by atoms with Gasteiger partial charge in [0.25, 0.3) is 0 Å². The number of aryl methyl sites for hydroxylation is 1. The number of ether oxygens (including phenoxy) is 1. The van der Waals surface area contributed by atoms with Crippen LogP contribution in [0.4, 0.5) is 0 Å². The molecule has 6 aliphatic rings.